The molecule has 1 N–H and O–H groups in total. The zero-order valence-electron chi connectivity index (χ0n) is 16.9. The lowest BCUT2D eigenvalue weighted by Gasteiger charge is -2.35. The van der Waals surface area contributed by atoms with E-state index in [9.17, 15) is 23.3 Å². The molecule has 31 heavy (non-hydrogen) atoms. The Labute approximate surface area is 176 Å². The standard InChI is InChI=1S/C20H22F3N3O5/c1-29-17-11-15(16(26(27)28)12-18(17)30-2)19(25-9-7-24-8-10-25)13-3-5-14(6-4-13)31-20(21,22)23/h3-6,11-12,19,24H,7-10H2,1-2H3/t19-/m0/s1. The Bertz CT molecular complexity index is 916. The van der Waals surface area contributed by atoms with E-state index in [2.05, 4.69) is 10.1 Å². The van der Waals surface area contributed by atoms with Crippen molar-refractivity contribution in [2.75, 3.05) is 40.4 Å². The Balaban J connectivity index is 2.11. The van der Waals surface area contributed by atoms with Crippen molar-refractivity contribution in [3.63, 3.8) is 0 Å². The minimum absolute atomic E-state index is 0.170. The average Bonchev–Trinajstić information content (AvgIpc) is 2.74. The van der Waals surface area contributed by atoms with Crippen molar-refractivity contribution >= 4 is 5.69 Å². The molecule has 1 aliphatic rings. The summed E-state index contributed by atoms with van der Waals surface area (Å²) in [4.78, 5) is 13.4. The third-order valence-electron chi connectivity index (χ3n) is 4.97. The van der Waals surface area contributed by atoms with Gasteiger partial charge in [0, 0.05) is 26.2 Å². The minimum atomic E-state index is -4.80. The van der Waals surface area contributed by atoms with Gasteiger partial charge in [0.25, 0.3) is 5.69 Å². The molecule has 0 radical (unpaired) electrons. The second kappa shape index (κ2) is 9.40. The third kappa shape index (κ3) is 5.36. The van der Waals surface area contributed by atoms with E-state index >= 15 is 0 Å². The lowest BCUT2D eigenvalue weighted by Crippen LogP contribution is -2.45. The van der Waals surface area contributed by atoms with E-state index in [0.717, 1.165) is 0 Å². The highest BCUT2D eigenvalue weighted by Gasteiger charge is 2.33. The summed E-state index contributed by atoms with van der Waals surface area (Å²) in [5.41, 5.74) is 0.776. The Hall–Kier alpha value is -3.05. The second-order valence-electron chi connectivity index (χ2n) is 6.83. The first-order chi connectivity index (χ1) is 14.7. The number of halogens is 3. The molecule has 0 unspecified atom stereocenters. The summed E-state index contributed by atoms with van der Waals surface area (Å²) in [6.45, 7) is 2.54. The van der Waals surface area contributed by atoms with E-state index in [4.69, 9.17) is 9.47 Å². The molecule has 0 spiro atoms. The van der Waals surface area contributed by atoms with Crippen molar-refractivity contribution in [1.82, 2.24) is 10.2 Å². The summed E-state index contributed by atoms with van der Waals surface area (Å²) in [6.07, 6.45) is -4.80. The van der Waals surface area contributed by atoms with Gasteiger partial charge in [0.1, 0.15) is 5.75 Å². The highest BCUT2D eigenvalue weighted by Crippen LogP contribution is 2.42. The van der Waals surface area contributed by atoms with Crippen LogP contribution in [0.25, 0.3) is 0 Å². The molecule has 0 bridgehead atoms. The molecule has 0 aliphatic carbocycles. The first-order valence-electron chi connectivity index (χ1n) is 9.44. The van der Waals surface area contributed by atoms with E-state index in [1.165, 1.54) is 44.6 Å². The average molecular weight is 441 g/mol. The molecule has 1 aliphatic heterocycles. The molecular weight excluding hydrogens is 419 g/mol. The Kier molecular flexibility index (Phi) is 6.86. The van der Waals surface area contributed by atoms with Gasteiger partial charge in [-0.2, -0.15) is 0 Å². The number of rotatable bonds is 7. The molecule has 3 rings (SSSR count). The van der Waals surface area contributed by atoms with Crippen LogP contribution in [0.15, 0.2) is 36.4 Å². The monoisotopic (exact) mass is 441 g/mol. The zero-order valence-corrected chi connectivity index (χ0v) is 16.9. The summed E-state index contributed by atoms with van der Waals surface area (Å²) < 4.78 is 52.0. The van der Waals surface area contributed by atoms with E-state index in [0.29, 0.717) is 43.1 Å². The Morgan fingerprint density at radius 2 is 1.65 bits per heavy atom. The van der Waals surface area contributed by atoms with Crippen LogP contribution in [0.4, 0.5) is 18.9 Å². The van der Waals surface area contributed by atoms with Gasteiger partial charge < -0.3 is 19.5 Å². The molecule has 168 valence electrons. The predicted molar refractivity (Wildman–Crippen MR) is 106 cm³/mol. The molecule has 8 nitrogen and oxygen atoms in total. The lowest BCUT2D eigenvalue weighted by molar-refractivity contribution is -0.386. The van der Waals surface area contributed by atoms with Crippen molar-refractivity contribution in [2.24, 2.45) is 0 Å². The minimum Gasteiger partial charge on any atom is -0.493 e. The van der Waals surface area contributed by atoms with Crippen LogP contribution in [-0.4, -0.2) is 56.6 Å². The van der Waals surface area contributed by atoms with Crippen LogP contribution in [0, 0.1) is 10.1 Å². The highest BCUT2D eigenvalue weighted by molar-refractivity contribution is 5.57. The second-order valence-corrected chi connectivity index (χ2v) is 6.83. The maximum Gasteiger partial charge on any atom is 0.573 e. The number of nitro benzene ring substituents is 1. The number of piperazine rings is 1. The quantitative estimate of drug-likeness (QED) is 0.520. The van der Waals surface area contributed by atoms with Gasteiger partial charge in [0.15, 0.2) is 11.5 Å². The summed E-state index contributed by atoms with van der Waals surface area (Å²) in [5.74, 6) is 0.170. The number of nitrogens with one attached hydrogen (secondary N) is 1. The summed E-state index contributed by atoms with van der Waals surface area (Å²) in [5, 5.41) is 15.1. The van der Waals surface area contributed by atoms with Crippen molar-refractivity contribution in [3.8, 4) is 17.2 Å². The fourth-order valence-electron chi connectivity index (χ4n) is 3.64. The van der Waals surface area contributed by atoms with E-state index < -0.39 is 17.3 Å². The van der Waals surface area contributed by atoms with Gasteiger partial charge in [-0.05, 0) is 23.8 Å². The van der Waals surface area contributed by atoms with Crippen LogP contribution >= 0.6 is 0 Å². The Morgan fingerprint density at radius 3 is 2.16 bits per heavy atom. The summed E-state index contributed by atoms with van der Waals surface area (Å²) in [6, 6.07) is 7.62. The molecule has 11 heteroatoms. The van der Waals surface area contributed by atoms with Crippen LogP contribution in [-0.2, 0) is 0 Å². The third-order valence-corrected chi connectivity index (χ3v) is 4.97. The molecular formula is C20H22F3N3O5. The molecule has 1 fully saturated rings. The zero-order chi connectivity index (χ0) is 22.6. The van der Waals surface area contributed by atoms with Gasteiger partial charge >= 0.3 is 6.36 Å². The van der Waals surface area contributed by atoms with Gasteiger partial charge in [0.2, 0.25) is 0 Å². The normalized spacial score (nSPS) is 15.9. The molecule has 0 amide bonds. The van der Waals surface area contributed by atoms with E-state index in [-0.39, 0.29) is 17.2 Å². The van der Waals surface area contributed by atoms with E-state index in [1.807, 2.05) is 4.90 Å². The fraction of sp³-hybridized carbons (Fsp3) is 0.400. The molecule has 1 atom stereocenters. The first kappa shape index (κ1) is 22.6. The lowest BCUT2D eigenvalue weighted by atomic mass is 9.94. The topological polar surface area (TPSA) is 86.1 Å². The number of alkyl halides is 3. The van der Waals surface area contributed by atoms with Crippen LogP contribution in [0.1, 0.15) is 17.2 Å². The highest BCUT2D eigenvalue weighted by atomic mass is 19.4. The number of methoxy groups -OCH3 is 2. The van der Waals surface area contributed by atoms with Crippen LogP contribution in [0.3, 0.4) is 0 Å². The number of benzene rings is 2. The maximum atomic E-state index is 12.5. The predicted octanol–water partition coefficient (Wildman–Crippen LogP) is 3.51. The fourth-order valence-corrected chi connectivity index (χ4v) is 3.64. The van der Waals surface area contributed by atoms with Gasteiger partial charge in [-0.15, -0.1) is 13.2 Å². The van der Waals surface area contributed by atoms with Crippen LogP contribution in [0.5, 0.6) is 17.2 Å². The SMILES string of the molecule is COc1cc([C@H](c2ccc(OC(F)(F)F)cc2)N2CCNCC2)c([N+](=O)[O-])cc1OC. The van der Waals surface area contributed by atoms with E-state index in [1.54, 1.807) is 6.07 Å². The number of hydrogen-bond donors (Lipinski definition) is 1. The van der Waals surface area contributed by atoms with Crippen molar-refractivity contribution in [2.45, 2.75) is 12.4 Å². The summed E-state index contributed by atoms with van der Waals surface area (Å²) >= 11 is 0. The molecule has 0 aromatic heterocycles. The molecule has 2 aromatic carbocycles. The largest absolute Gasteiger partial charge is 0.573 e. The van der Waals surface area contributed by atoms with Crippen LogP contribution in [0.2, 0.25) is 0 Å². The summed E-state index contributed by atoms with van der Waals surface area (Å²) in [7, 11) is 2.81. The maximum absolute atomic E-state index is 12.5. The van der Waals surface area contributed by atoms with Crippen molar-refractivity contribution < 1.29 is 32.3 Å². The van der Waals surface area contributed by atoms with Gasteiger partial charge in [-0.1, -0.05) is 12.1 Å². The van der Waals surface area contributed by atoms with Gasteiger partial charge in [-0.3, -0.25) is 15.0 Å². The molecule has 1 saturated heterocycles. The first-order valence-corrected chi connectivity index (χ1v) is 9.44. The van der Waals surface area contributed by atoms with Gasteiger partial charge in [-0.25, -0.2) is 0 Å². The van der Waals surface area contributed by atoms with Crippen molar-refractivity contribution in [1.29, 1.82) is 0 Å². The van der Waals surface area contributed by atoms with Gasteiger partial charge in [0.05, 0.1) is 36.8 Å². The number of hydrogen-bond acceptors (Lipinski definition) is 7. The Morgan fingerprint density at radius 1 is 1.06 bits per heavy atom. The molecule has 1 heterocycles. The molecule has 2 aromatic rings. The number of ether oxygens (including phenoxy) is 3. The smallest absolute Gasteiger partial charge is 0.493 e. The van der Waals surface area contributed by atoms with Crippen molar-refractivity contribution in [3.05, 3.63) is 57.6 Å². The molecule has 0 saturated carbocycles. The number of nitro groups is 1. The van der Waals surface area contributed by atoms with Crippen LogP contribution < -0.4 is 19.5 Å². The number of nitrogens with zero attached hydrogens (tertiary/aromatic N) is 2.